The van der Waals surface area contributed by atoms with Gasteiger partial charge in [0.1, 0.15) is 0 Å². The number of rotatable bonds is 3. The van der Waals surface area contributed by atoms with Crippen LogP contribution in [-0.2, 0) is 32.0 Å². The molecule has 0 saturated carbocycles. The Hall–Kier alpha value is -2.15. The van der Waals surface area contributed by atoms with E-state index in [0.29, 0.717) is 6.54 Å². The third-order valence-corrected chi connectivity index (χ3v) is 4.11. The molecule has 7 heteroatoms. The van der Waals surface area contributed by atoms with E-state index in [4.69, 9.17) is 0 Å². The first kappa shape index (κ1) is 14.8. The molecule has 0 unspecified atom stereocenters. The molecule has 0 saturated heterocycles. The van der Waals surface area contributed by atoms with Crippen molar-refractivity contribution in [2.24, 2.45) is 14.1 Å². The van der Waals surface area contributed by atoms with E-state index in [0.717, 1.165) is 30.0 Å². The van der Waals surface area contributed by atoms with E-state index in [2.05, 4.69) is 15.0 Å². The van der Waals surface area contributed by atoms with Gasteiger partial charge in [0.05, 0.1) is 29.8 Å². The van der Waals surface area contributed by atoms with Crippen LogP contribution in [0.1, 0.15) is 22.9 Å². The molecule has 1 amide bonds. The number of fused-ring (bicyclic) bond motifs is 1. The summed E-state index contributed by atoms with van der Waals surface area (Å²) in [6.07, 6.45) is 5.68. The molecule has 1 atom stereocenters. The maximum atomic E-state index is 12.6. The minimum absolute atomic E-state index is 0.126. The highest BCUT2D eigenvalue weighted by molar-refractivity contribution is 5.83. The zero-order valence-electron chi connectivity index (χ0n) is 13.5. The van der Waals surface area contributed by atoms with Gasteiger partial charge in [0.15, 0.2) is 0 Å². The molecule has 3 heterocycles. The third kappa shape index (κ3) is 2.64. The van der Waals surface area contributed by atoms with Gasteiger partial charge in [-0.2, -0.15) is 5.10 Å². The fourth-order valence-corrected chi connectivity index (χ4v) is 3.12. The van der Waals surface area contributed by atoms with Crippen LogP contribution in [-0.4, -0.2) is 55.7 Å². The predicted molar refractivity (Wildman–Crippen MR) is 82.0 cm³/mol. The average Bonchev–Trinajstić information content (AvgIpc) is 3.04. The molecular weight excluding hydrogens is 280 g/mol. The summed E-state index contributed by atoms with van der Waals surface area (Å²) in [4.78, 5) is 21.0. The lowest BCUT2D eigenvalue weighted by atomic mass is 9.96. The summed E-state index contributed by atoms with van der Waals surface area (Å²) in [6.45, 7) is 2.25. The summed E-state index contributed by atoms with van der Waals surface area (Å²) in [5.41, 5.74) is 3.19. The Morgan fingerprint density at radius 1 is 1.41 bits per heavy atom. The summed E-state index contributed by atoms with van der Waals surface area (Å²) >= 11 is 0. The number of carbonyl (C=O) groups excluding carboxylic acids is 1. The van der Waals surface area contributed by atoms with Gasteiger partial charge in [-0.15, -0.1) is 0 Å². The summed E-state index contributed by atoms with van der Waals surface area (Å²) in [6, 6.07) is 0. The van der Waals surface area contributed by atoms with Crippen LogP contribution in [0, 0.1) is 0 Å². The van der Waals surface area contributed by atoms with Gasteiger partial charge in [0, 0.05) is 59.6 Å². The smallest absolute Gasteiger partial charge is 0.232 e. The lowest BCUT2D eigenvalue weighted by molar-refractivity contribution is -0.131. The number of hydrogen-bond acceptors (Lipinski definition) is 4. The highest BCUT2D eigenvalue weighted by atomic mass is 16.2. The van der Waals surface area contributed by atoms with E-state index in [1.165, 1.54) is 0 Å². The van der Waals surface area contributed by atoms with Gasteiger partial charge in [-0.05, 0) is 0 Å². The molecule has 0 aliphatic carbocycles. The minimum Gasteiger partial charge on any atom is -0.348 e. The first-order chi connectivity index (χ1) is 10.5. The molecule has 0 bridgehead atoms. The van der Waals surface area contributed by atoms with E-state index in [1.807, 2.05) is 31.1 Å². The maximum Gasteiger partial charge on any atom is 0.232 e. The molecule has 0 fully saturated rings. The summed E-state index contributed by atoms with van der Waals surface area (Å²) in [5, 5.41) is 4.21. The Morgan fingerprint density at radius 3 is 2.82 bits per heavy atom. The van der Waals surface area contributed by atoms with Gasteiger partial charge in [-0.3, -0.25) is 14.4 Å². The summed E-state index contributed by atoms with van der Waals surface area (Å²) in [7, 11) is 7.48. The van der Waals surface area contributed by atoms with Crippen molar-refractivity contribution >= 4 is 5.91 Å². The molecule has 0 aromatic carbocycles. The number of hydrogen-bond donors (Lipinski definition) is 0. The molecule has 3 rings (SSSR count). The quantitative estimate of drug-likeness (QED) is 0.820. The number of amides is 1. The average molecular weight is 302 g/mol. The van der Waals surface area contributed by atoms with Crippen LogP contribution < -0.4 is 0 Å². The van der Waals surface area contributed by atoms with Gasteiger partial charge in [-0.25, -0.2) is 4.98 Å². The van der Waals surface area contributed by atoms with Crippen LogP contribution >= 0.6 is 0 Å². The minimum atomic E-state index is -0.164. The predicted octanol–water partition coefficient (Wildman–Crippen LogP) is 0.341. The first-order valence-corrected chi connectivity index (χ1v) is 7.37. The number of aromatic nitrogens is 4. The molecule has 2 aromatic rings. The number of carbonyl (C=O) groups is 1. The van der Waals surface area contributed by atoms with Gasteiger partial charge in [0.2, 0.25) is 5.91 Å². The molecule has 0 N–H and O–H groups in total. The second kappa shape index (κ2) is 5.57. The monoisotopic (exact) mass is 302 g/mol. The van der Waals surface area contributed by atoms with Crippen molar-refractivity contribution in [1.29, 1.82) is 0 Å². The second-order valence-electron chi connectivity index (χ2n) is 6.16. The Bertz CT molecular complexity index is 686. The topological polar surface area (TPSA) is 59.2 Å². The lowest BCUT2D eigenvalue weighted by Crippen LogP contribution is -2.41. The van der Waals surface area contributed by atoms with Crippen LogP contribution in [0.25, 0.3) is 0 Å². The zero-order valence-corrected chi connectivity index (χ0v) is 13.5. The summed E-state index contributed by atoms with van der Waals surface area (Å²) in [5.74, 6) is -0.0383. The fourth-order valence-electron chi connectivity index (χ4n) is 3.12. The lowest BCUT2D eigenvalue weighted by Gasteiger charge is -2.33. The SMILES string of the molecule is CN(C)C(=O)[C@@H]1CN(Cc2cnn(C)c2)Cc2ncn(C)c21. The third-order valence-electron chi connectivity index (χ3n) is 4.11. The van der Waals surface area contributed by atoms with Crippen LogP contribution in [0.2, 0.25) is 0 Å². The Labute approximate surface area is 130 Å². The molecule has 2 aromatic heterocycles. The van der Waals surface area contributed by atoms with E-state index in [1.54, 1.807) is 30.0 Å². The van der Waals surface area contributed by atoms with E-state index < -0.39 is 0 Å². The molecule has 0 spiro atoms. The Kier molecular flexibility index (Phi) is 3.74. The van der Waals surface area contributed by atoms with E-state index in [9.17, 15) is 4.79 Å². The number of nitrogens with zero attached hydrogens (tertiary/aromatic N) is 6. The fraction of sp³-hybridized carbons (Fsp3) is 0.533. The van der Waals surface area contributed by atoms with Crippen LogP contribution in [0.4, 0.5) is 0 Å². The maximum absolute atomic E-state index is 12.6. The van der Waals surface area contributed by atoms with Crippen molar-refractivity contribution in [2.75, 3.05) is 20.6 Å². The molecular formula is C15H22N6O. The van der Waals surface area contributed by atoms with Gasteiger partial charge < -0.3 is 9.47 Å². The zero-order chi connectivity index (χ0) is 15.9. The molecule has 1 aliphatic rings. The number of likely N-dealkylation sites (N-methyl/N-ethyl adjacent to an activating group) is 1. The standard InChI is InChI=1S/C15H22N6O/c1-18(2)15(22)12-8-21(7-11-5-17-20(4)6-11)9-13-14(12)19(3)10-16-13/h5-6,10,12H,7-9H2,1-4H3/t12-/m1/s1. The van der Waals surface area contributed by atoms with Crippen molar-refractivity contribution in [3.8, 4) is 0 Å². The van der Waals surface area contributed by atoms with Crippen molar-refractivity contribution in [2.45, 2.75) is 19.0 Å². The largest absolute Gasteiger partial charge is 0.348 e. The van der Waals surface area contributed by atoms with Crippen molar-refractivity contribution in [1.82, 2.24) is 29.1 Å². The second-order valence-corrected chi connectivity index (χ2v) is 6.16. The highest BCUT2D eigenvalue weighted by Gasteiger charge is 2.34. The van der Waals surface area contributed by atoms with Crippen molar-refractivity contribution in [3.63, 3.8) is 0 Å². The van der Waals surface area contributed by atoms with E-state index in [-0.39, 0.29) is 11.8 Å². The molecule has 22 heavy (non-hydrogen) atoms. The van der Waals surface area contributed by atoms with Gasteiger partial charge in [0.25, 0.3) is 0 Å². The highest BCUT2D eigenvalue weighted by Crippen LogP contribution is 2.29. The Morgan fingerprint density at radius 2 is 2.18 bits per heavy atom. The van der Waals surface area contributed by atoms with Crippen LogP contribution in [0.15, 0.2) is 18.7 Å². The number of imidazole rings is 1. The molecule has 118 valence electrons. The van der Waals surface area contributed by atoms with Crippen molar-refractivity contribution < 1.29 is 4.79 Å². The molecule has 1 aliphatic heterocycles. The number of aryl methyl sites for hydroxylation is 2. The summed E-state index contributed by atoms with van der Waals surface area (Å²) < 4.78 is 3.77. The Balaban J connectivity index is 1.86. The first-order valence-electron chi connectivity index (χ1n) is 7.37. The van der Waals surface area contributed by atoms with Crippen LogP contribution in [0.5, 0.6) is 0 Å². The van der Waals surface area contributed by atoms with Crippen LogP contribution in [0.3, 0.4) is 0 Å². The van der Waals surface area contributed by atoms with Gasteiger partial charge in [-0.1, -0.05) is 0 Å². The molecule has 7 nitrogen and oxygen atoms in total. The van der Waals surface area contributed by atoms with E-state index >= 15 is 0 Å². The van der Waals surface area contributed by atoms with Crippen molar-refractivity contribution in [3.05, 3.63) is 35.7 Å². The normalized spacial score (nSPS) is 18.3. The van der Waals surface area contributed by atoms with Gasteiger partial charge >= 0.3 is 0 Å². The molecule has 0 radical (unpaired) electrons.